The van der Waals surface area contributed by atoms with Crippen LogP contribution in [0.5, 0.6) is 5.75 Å². The molecule has 0 saturated carbocycles. The first-order valence-electron chi connectivity index (χ1n) is 8.35. The van der Waals surface area contributed by atoms with Crippen molar-refractivity contribution in [2.75, 3.05) is 20.2 Å². The molecule has 128 valence electrons. The van der Waals surface area contributed by atoms with Crippen molar-refractivity contribution >= 4 is 5.97 Å². The maximum Gasteiger partial charge on any atom is 0.324 e. The van der Waals surface area contributed by atoms with Crippen LogP contribution in [0.2, 0.25) is 0 Å². The summed E-state index contributed by atoms with van der Waals surface area (Å²) < 4.78 is 5.73. The highest BCUT2D eigenvalue weighted by Gasteiger charge is 2.04. The van der Waals surface area contributed by atoms with Gasteiger partial charge in [0.2, 0.25) is 0 Å². The second kappa shape index (κ2) is 9.73. The molecule has 0 amide bonds. The van der Waals surface area contributed by atoms with E-state index in [0.717, 1.165) is 18.6 Å². The lowest BCUT2D eigenvalue weighted by Crippen LogP contribution is -2.24. The monoisotopic (exact) mass is 327 g/mol. The van der Waals surface area contributed by atoms with E-state index in [4.69, 9.17) is 9.57 Å². The largest absolute Gasteiger partial charge is 0.494 e. The summed E-state index contributed by atoms with van der Waals surface area (Å²) in [5, 5.41) is 1.55. The Labute approximate surface area is 144 Å². The Bertz CT molecular complexity index is 611. The third-order valence-corrected chi connectivity index (χ3v) is 3.61. The Morgan fingerprint density at radius 2 is 1.67 bits per heavy atom. The summed E-state index contributed by atoms with van der Waals surface area (Å²) in [5.41, 5.74) is 2.57. The molecule has 0 aliphatic rings. The minimum absolute atomic E-state index is 0.215. The number of hydrogen-bond donors (Lipinski definition) is 0. The molecular weight excluding hydrogens is 302 g/mol. The predicted octanol–water partition coefficient (Wildman–Crippen LogP) is 3.85. The lowest BCUT2D eigenvalue weighted by atomic mass is 10.1. The summed E-state index contributed by atoms with van der Waals surface area (Å²) in [6.45, 7) is 3.02. The smallest absolute Gasteiger partial charge is 0.324 e. The summed E-state index contributed by atoms with van der Waals surface area (Å²) in [7, 11) is 1.76. The average Bonchev–Trinajstić information content (AvgIpc) is 2.61. The normalized spacial score (nSPS) is 10.6. The highest BCUT2D eigenvalue weighted by Crippen LogP contribution is 2.15. The van der Waals surface area contributed by atoms with Gasteiger partial charge in [0.15, 0.2) is 0 Å². The summed E-state index contributed by atoms with van der Waals surface area (Å²) in [6, 6.07) is 18.6. The molecular formula is C20H25NO3. The van der Waals surface area contributed by atoms with E-state index in [1.165, 1.54) is 11.1 Å². The second-order valence-corrected chi connectivity index (χ2v) is 5.68. The summed E-state index contributed by atoms with van der Waals surface area (Å²) in [6.07, 6.45) is 2.10. The number of hydroxylamine groups is 2. The van der Waals surface area contributed by atoms with Crippen molar-refractivity contribution < 1.29 is 14.4 Å². The third-order valence-electron chi connectivity index (χ3n) is 3.61. The lowest BCUT2D eigenvalue weighted by molar-refractivity contribution is -0.184. The van der Waals surface area contributed by atoms with Gasteiger partial charge in [0, 0.05) is 20.0 Å². The van der Waals surface area contributed by atoms with Crippen LogP contribution in [0.15, 0.2) is 54.6 Å². The number of nitrogens with zero attached hydrogens (tertiary/aromatic N) is 1. The molecule has 0 spiro atoms. The highest BCUT2D eigenvalue weighted by atomic mass is 16.7. The van der Waals surface area contributed by atoms with Gasteiger partial charge in [-0.05, 0) is 36.1 Å². The van der Waals surface area contributed by atoms with Crippen LogP contribution in [0.1, 0.15) is 30.9 Å². The van der Waals surface area contributed by atoms with Gasteiger partial charge in [0.05, 0.1) is 6.61 Å². The van der Waals surface area contributed by atoms with E-state index in [1.54, 1.807) is 19.0 Å². The first-order valence-corrected chi connectivity index (χ1v) is 8.35. The molecule has 0 unspecified atom stereocenters. The molecule has 24 heavy (non-hydrogen) atoms. The second-order valence-electron chi connectivity index (χ2n) is 5.68. The topological polar surface area (TPSA) is 38.8 Å². The Balaban J connectivity index is 1.69. The Hall–Kier alpha value is -2.33. The fourth-order valence-electron chi connectivity index (χ4n) is 2.30. The number of benzene rings is 2. The third kappa shape index (κ3) is 6.42. The zero-order chi connectivity index (χ0) is 17.2. The van der Waals surface area contributed by atoms with Gasteiger partial charge >= 0.3 is 5.97 Å². The molecule has 0 saturated heterocycles. The summed E-state index contributed by atoms with van der Waals surface area (Å²) in [5.74, 6) is 0.646. The molecule has 4 nitrogen and oxygen atoms in total. The van der Waals surface area contributed by atoms with Crippen molar-refractivity contribution in [3.63, 3.8) is 0 Å². The van der Waals surface area contributed by atoms with Crippen LogP contribution in [0.25, 0.3) is 0 Å². The minimum atomic E-state index is -0.215. The van der Waals surface area contributed by atoms with E-state index >= 15 is 0 Å². The summed E-state index contributed by atoms with van der Waals surface area (Å²) in [4.78, 5) is 16.2. The van der Waals surface area contributed by atoms with Gasteiger partial charge in [-0.2, -0.15) is 0 Å². The molecule has 0 radical (unpaired) electrons. The molecule has 0 bridgehead atoms. The van der Waals surface area contributed by atoms with Gasteiger partial charge in [0.1, 0.15) is 5.75 Å². The minimum Gasteiger partial charge on any atom is -0.494 e. The molecule has 0 N–H and O–H groups in total. The number of hydrogen-bond acceptors (Lipinski definition) is 4. The summed E-state index contributed by atoms with van der Waals surface area (Å²) >= 11 is 0. The standard InChI is InChI=1S/C20H25NO3/c1-3-20(22)24-21(2)14-7-15-23-19-12-10-18(11-13-19)16-17-8-5-4-6-9-17/h4-6,8-13H,3,7,14-16H2,1-2H3. The molecule has 0 fully saturated rings. The van der Waals surface area contributed by atoms with Crippen molar-refractivity contribution in [3.05, 3.63) is 65.7 Å². The van der Waals surface area contributed by atoms with Crippen molar-refractivity contribution in [1.82, 2.24) is 5.06 Å². The van der Waals surface area contributed by atoms with Crippen molar-refractivity contribution in [2.24, 2.45) is 0 Å². The van der Waals surface area contributed by atoms with Crippen LogP contribution >= 0.6 is 0 Å². The predicted molar refractivity (Wildman–Crippen MR) is 94.8 cm³/mol. The first kappa shape index (κ1) is 18.0. The van der Waals surface area contributed by atoms with Gasteiger partial charge in [0.25, 0.3) is 0 Å². The van der Waals surface area contributed by atoms with E-state index in [1.807, 2.05) is 18.2 Å². The zero-order valence-corrected chi connectivity index (χ0v) is 14.4. The number of ether oxygens (including phenoxy) is 1. The van der Waals surface area contributed by atoms with Crippen LogP contribution in [0.3, 0.4) is 0 Å². The fraction of sp³-hybridized carbons (Fsp3) is 0.350. The van der Waals surface area contributed by atoms with E-state index < -0.39 is 0 Å². The van der Waals surface area contributed by atoms with Gasteiger partial charge < -0.3 is 9.57 Å². The van der Waals surface area contributed by atoms with E-state index in [-0.39, 0.29) is 5.97 Å². The van der Waals surface area contributed by atoms with E-state index in [9.17, 15) is 4.79 Å². The van der Waals surface area contributed by atoms with Crippen LogP contribution in [-0.4, -0.2) is 31.2 Å². The Kier molecular flexibility index (Phi) is 7.30. The van der Waals surface area contributed by atoms with Gasteiger partial charge in [-0.1, -0.05) is 49.4 Å². The Morgan fingerprint density at radius 1 is 1.00 bits per heavy atom. The van der Waals surface area contributed by atoms with Crippen LogP contribution in [0.4, 0.5) is 0 Å². The molecule has 0 aromatic heterocycles. The van der Waals surface area contributed by atoms with Crippen LogP contribution in [-0.2, 0) is 16.1 Å². The number of carbonyl (C=O) groups is 1. The molecule has 4 heteroatoms. The molecule has 2 rings (SSSR count). The molecule has 0 heterocycles. The average molecular weight is 327 g/mol. The SMILES string of the molecule is CCC(=O)ON(C)CCCOc1ccc(Cc2ccccc2)cc1. The first-order chi connectivity index (χ1) is 11.7. The molecule has 0 aliphatic carbocycles. The molecule has 2 aromatic carbocycles. The number of rotatable bonds is 9. The van der Waals surface area contributed by atoms with E-state index in [0.29, 0.717) is 19.6 Å². The van der Waals surface area contributed by atoms with Crippen LogP contribution in [0, 0.1) is 0 Å². The fourth-order valence-corrected chi connectivity index (χ4v) is 2.30. The van der Waals surface area contributed by atoms with Gasteiger partial charge in [-0.3, -0.25) is 4.79 Å². The zero-order valence-electron chi connectivity index (χ0n) is 14.4. The highest BCUT2D eigenvalue weighted by molar-refractivity contribution is 5.68. The lowest BCUT2D eigenvalue weighted by Gasteiger charge is -2.15. The van der Waals surface area contributed by atoms with Gasteiger partial charge in [-0.25, -0.2) is 0 Å². The van der Waals surface area contributed by atoms with Crippen LogP contribution < -0.4 is 4.74 Å². The van der Waals surface area contributed by atoms with Crippen molar-refractivity contribution in [1.29, 1.82) is 0 Å². The van der Waals surface area contributed by atoms with Gasteiger partial charge in [-0.15, -0.1) is 5.06 Å². The maximum absolute atomic E-state index is 11.1. The Morgan fingerprint density at radius 3 is 2.33 bits per heavy atom. The molecule has 0 aliphatic heterocycles. The van der Waals surface area contributed by atoms with Crippen molar-refractivity contribution in [3.8, 4) is 5.75 Å². The van der Waals surface area contributed by atoms with Crippen molar-refractivity contribution in [2.45, 2.75) is 26.2 Å². The number of carbonyl (C=O) groups excluding carboxylic acids is 1. The molecule has 2 aromatic rings. The molecule has 0 atom stereocenters. The maximum atomic E-state index is 11.1. The quantitative estimate of drug-likeness (QED) is 0.518. The van der Waals surface area contributed by atoms with E-state index in [2.05, 4.69) is 36.4 Å².